The van der Waals surface area contributed by atoms with E-state index >= 15 is 0 Å². The average molecular weight is 1420 g/mol. The van der Waals surface area contributed by atoms with Crippen molar-refractivity contribution in [3.05, 3.63) is 216 Å². The summed E-state index contributed by atoms with van der Waals surface area (Å²) in [4.78, 5) is 33.6. The van der Waals surface area contributed by atoms with Crippen LogP contribution in [0.15, 0.2) is 134 Å². The van der Waals surface area contributed by atoms with Gasteiger partial charge in [-0.2, -0.15) is 15.3 Å². The highest BCUT2D eigenvalue weighted by molar-refractivity contribution is 6.35. The second-order valence-electron chi connectivity index (χ2n) is 34.0. The van der Waals surface area contributed by atoms with E-state index in [4.69, 9.17) is 23.2 Å². The van der Waals surface area contributed by atoms with Gasteiger partial charge < -0.3 is 21.3 Å². The van der Waals surface area contributed by atoms with Gasteiger partial charge in [0.2, 0.25) is 17.7 Å². The fourth-order valence-corrected chi connectivity index (χ4v) is 12.3. The summed E-state index contributed by atoms with van der Waals surface area (Å²) in [5, 5.41) is 37.7. The molecule has 3 amide bonds. The number of anilines is 4. The Hall–Kier alpha value is -8.52. The number of aromatic nitrogens is 6. The van der Waals surface area contributed by atoms with Crippen LogP contribution in [0.3, 0.4) is 0 Å². The van der Waals surface area contributed by atoms with E-state index in [1.165, 1.54) is 66.4 Å². The lowest BCUT2D eigenvalue weighted by Crippen LogP contribution is -2.11. The second kappa shape index (κ2) is 32.4. The number of amides is 3. The molecule has 13 nitrogen and oxygen atoms in total. The van der Waals surface area contributed by atoms with Crippen molar-refractivity contribution in [2.75, 3.05) is 21.3 Å². The Labute approximate surface area is 620 Å². The van der Waals surface area contributed by atoms with E-state index in [2.05, 4.69) is 297 Å². The van der Waals surface area contributed by atoms with Gasteiger partial charge in [0.15, 0.2) is 0 Å². The summed E-state index contributed by atoms with van der Waals surface area (Å²) in [6, 6.07) is 36.1. The lowest BCUT2D eigenvalue weighted by Gasteiger charge is -2.21. The molecule has 7 heterocycles. The van der Waals surface area contributed by atoms with Crippen molar-refractivity contribution in [2.24, 2.45) is 0 Å². The van der Waals surface area contributed by atoms with Gasteiger partial charge in [0.25, 0.3) is 0 Å². The van der Waals surface area contributed by atoms with Crippen molar-refractivity contribution in [1.29, 1.82) is 0 Å². The van der Waals surface area contributed by atoms with E-state index in [9.17, 15) is 14.4 Å². The molecule has 4 aliphatic heterocycles. The zero-order valence-corrected chi connectivity index (χ0v) is 64.4. The number of H-pyrrole nitrogens is 3. The molecule has 0 bridgehead atoms. The van der Waals surface area contributed by atoms with Crippen LogP contribution >= 0.6 is 23.2 Å². The van der Waals surface area contributed by atoms with Crippen molar-refractivity contribution in [3.63, 3.8) is 0 Å². The summed E-state index contributed by atoms with van der Waals surface area (Å²) < 4.78 is 0. The van der Waals surface area contributed by atoms with Crippen molar-refractivity contribution < 1.29 is 14.4 Å². The summed E-state index contributed by atoms with van der Waals surface area (Å²) in [5.41, 5.74) is 25.5. The highest BCUT2D eigenvalue weighted by Crippen LogP contribution is 2.40. The van der Waals surface area contributed by atoms with Crippen LogP contribution in [0.1, 0.15) is 240 Å². The van der Waals surface area contributed by atoms with E-state index < -0.39 is 0 Å². The third-order valence-electron chi connectivity index (χ3n) is 18.1. The molecule has 15 heteroatoms. The monoisotopic (exact) mass is 1420 g/mol. The number of allylic oxidation sites excluding steroid dienone is 1. The quantitative estimate of drug-likeness (QED) is 0.0787. The van der Waals surface area contributed by atoms with Gasteiger partial charge in [-0.05, 0) is 173 Å². The first-order chi connectivity index (χ1) is 45.7. The molecule has 0 fully saturated rings. The van der Waals surface area contributed by atoms with Gasteiger partial charge in [-0.25, -0.2) is 0 Å². The molecule has 548 valence electrons. The van der Waals surface area contributed by atoms with Gasteiger partial charge in [-0.1, -0.05) is 252 Å². The van der Waals surface area contributed by atoms with Crippen LogP contribution in [0.25, 0.3) is 32.7 Å². The van der Waals surface area contributed by atoms with Crippen LogP contribution in [-0.2, 0) is 78.0 Å². The fourth-order valence-electron chi connectivity index (χ4n) is 11.7. The number of nitrogens with zero attached hydrogens (tertiary/aromatic N) is 3. The number of aromatic amines is 3. The summed E-state index contributed by atoms with van der Waals surface area (Å²) >= 11 is 12.4. The zero-order valence-electron chi connectivity index (χ0n) is 62.9. The Morgan fingerprint density at radius 3 is 1.18 bits per heavy atom. The molecule has 0 aliphatic carbocycles. The maximum atomic E-state index is 11.3. The summed E-state index contributed by atoms with van der Waals surface area (Å²) in [7, 11) is 0. The third kappa shape index (κ3) is 21.5. The molecule has 0 atom stereocenters. The molecular formula is C87H118Cl2N10O3. The molecule has 102 heavy (non-hydrogen) atoms. The minimum Gasteiger partial charge on any atom is -0.358 e. The number of aryl methyl sites for hydroxylation is 2. The van der Waals surface area contributed by atoms with Crippen LogP contribution in [-0.4, -0.2) is 48.3 Å². The Kier molecular flexibility index (Phi) is 26.8. The van der Waals surface area contributed by atoms with E-state index in [1.54, 1.807) is 6.20 Å². The molecule has 7 aromatic carbocycles. The maximum absolute atomic E-state index is 11.3. The highest BCUT2D eigenvalue weighted by Gasteiger charge is 2.27. The number of hydrogen-bond acceptors (Lipinski definition) is 7. The Morgan fingerprint density at radius 1 is 0.343 bits per heavy atom. The molecular weight excluding hydrogens is 1300 g/mol. The van der Waals surface area contributed by atoms with Crippen molar-refractivity contribution >= 4 is 96.4 Å². The normalized spacial score (nSPS) is 13.5. The predicted molar refractivity (Wildman–Crippen MR) is 438 cm³/mol. The first kappa shape index (κ1) is 84.1. The van der Waals surface area contributed by atoms with Gasteiger partial charge >= 0.3 is 0 Å². The molecule has 0 unspecified atom stereocenters. The van der Waals surface area contributed by atoms with Gasteiger partial charge in [-0.15, -0.1) is 0 Å². The lowest BCUT2D eigenvalue weighted by molar-refractivity contribution is -0.115. The third-order valence-corrected chi connectivity index (χ3v) is 18.7. The number of fused-ring (bicyclic) bond motifs is 7. The molecule has 4 aliphatic rings. The number of rotatable bonds is 0. The number of hydrogen-bond donors (Lipinski definition) is 7. The van der Waals surface area contributed by atoms with Crippen LogP contribution in [0.2, 0.25) is 10.0 Å². The first-order valence-electron chi connectivity index (χ1n) is 34.3. The number of carbonyl (C=O) groups is 3. The van der Waals surface area contributed by atoms with Crippen LogP contribution in [0, 0.1) is 13.8 Å². The first-order valence-corrected chi connectivity index (χ1v) is 35.1. The van der Waals surface area contributed by atoms with Crippen molar-refractivity contribution in [2.45, 2.75) is 245 Å². The largest absolute Gasteiger partial charge is 0.358 e. The van der Waals surface area contributed by atoms with Gasteiger partial charge in [0.1, 0.15) is 0 Å². The average Bonchev–Trinajstić information content (AvgIpc) is 1.63. The van der Waals surface area contributed by atoms with E-state index in [-0.39, 0.29) is 77.9 Å². The van der Waals surface area contributed by atoms with Crippen molar-refractivity contribution in [1.82, 2.24) is 30.6 Å². The summed E-state index contributed by atoms with van der Waals surface area (Å²) in [6.07, 6.45) is 8.02. The molecule has 3 aromatic heterocycles. The summed E-state index contributed by atoms with van der Waals surface area (Å²) in [6.45, 7) is 54.2. The lowest BCUT2D eigenvalue weighted by atomic mass is 9.84. The SMILES string of the molecule is C.C.C.C=C1Cc2cc(C(C)(C)C)cc(Cl)c2N1.CC(C)(C)c1cc(Cl)c2[nH]ncc2c1.CC(C)(C)c1ccc2[nH]ncc2c1.CC(C)(C)c1ccc2c(c1)CC(=O)N2.CC(C)(C)c1ccc2c(c1)CC(=O)N2.Cc1cc(C(C)(C)C)cc2c1NC(=O)C2.Cc1cc(C(C)(C)C)cc2cn[nH]c12. The fraction of sp³-hybridized carbons (Fsp3) is 0.425. The van der Waals surface area contributed by atoms with Crippen molar-refractivity contribution in [3.8, 4) is 0 Å². The number of carbonyl (C=O) groups excluding carboxylic acids is 3. The zero-order chi connectivity index (χ0) is 73.3. The standard InChI is InChI=1S/C13H16ClN.C13H17NO.C12H16N2.2C12H15NO.C11H13ClN2.C11H14N2.3CH4/c1-8-5-9-6-10(13(2,3)4)7-11(14)12(9)15-8;1-8-5-10(13(2,3)4)6-9-7-11(15)14-12(8)9;1-8-5-10(12(2,3)4)6-9-7-13-14-11(8)9;2*1-12(2,3)9-4-5-10-8(6-9)7-11(14)13-10;1-11(2,3)8-4-7-6-13-14-10(7)9(12)5-8;1-11(2,3)9-4-5-10-8(6-9)7-12-13-10;;;/h6-7,15H,1,5H2,2-4H3;5-6H,7H2,1-4H3,(H,14,15);5-7H,1-4H3,(H,13,14);2*4-6H,7H2,1-3H3,(H,13,14);4-6H,1-3H3,(H,13,14);4-7H,1-3H3,(H,12,13);3*1H4. The van der Waals surface area contributed by atoms with E-state index in [1.807, 2.05) is 36.7 Å². The number of halogens is 2. The minimum absolute atomic E-state index is 0. The summed E-state index contributed by atoms with van der Waals surface area (Å²) in [5.74, 6) is 0.316. The van der Waals surface area contributed by atoms with Crippen LogP contribution < -0.4 is 21.3 Å². The number of benzene rings is 7. The Balaban J connectivity index is 0.000000213. The molecule has 0 saturated carbocycles. The second-order valence-corrected chi connectivity index (χ2v) is 34.8. The van der Waals surface area contributed by atoms with Gasteiger partial charge in [0, 0.05) is 45.3 Å². The Morgan fingerprint density at radius 2 is 0.686 bits per heavy atom. The Bertz CT molecular complexity index is 4380. The van der Waals surface area contributed by atoms with Gasteiger partial charge in [0.05, 0.1) is 70.1 Å². The molecule has 7 N–H and O–H groups in total. The molecule has 14 rings (SSSR count). The molecule has 0 saturated heterocycles. The van der Waals surface area contributed by atoms with Crippen LogP contribution in [0.4, 0.5) is 22.7 Å². The smallest absolute Gasteiger partial charge is 0.228 e. The minimum atomic E-state index is 0. The number of nitrogens with one attached hydrogen (secondary N) is 7. The molecule has 0 radical (unpaired) electrons. The highest BCUT2D eigenvalue weighted by atomic mass is 35.5. The predicted octanol–water partition coefficient (Wildman–Crippen LogP) is 23.3. The molecule has 10 aromatic rings. The topological polar surface area (TPSA) is 185 Å². The molecule has 0 spiro atoms. The maximum Gasteiger partial charge on any atom is 0.228 e. The van der Waals surface area contributed by atoms with Crippen LogP contribution in [0.5, 0.6) is 0 Å². The van der Waals surface area contributed by atoms with E-state index in [0.717, 1.165) is 83.5 Å². The van der Waals surface area contributed by atoms with Gasteiger partial charge in [-0.3, -0.25) is 29.7 Å². The van der Waals surface area contributed by atoms with E-state index in [0.29, 0.717) is 19.3 Å².